The Labute approximate surface area is 139 Å². The Morgan fingerprint density at radius 1 is 1.04 bits per heavy atom. The maximum absolute atomic E-state index is 12.0. The summed E-state index contributed by atoms with van der Waals surface area (Å²) in [5.74, 6) is 0. The molecule has 3 aromatic rings. The van der Waals surface area contributed by atoms with Gasteiger partial charge in [0.2, 0.25) is 0 Å². The van der Waals surface area contributed by atoms with Gasteiger partial charge in [0, 0.05) is 16.6 Å². The van der Waals surface area contributed by atoms with Crippen molar-refractivity contribution in [3.63, 3.8) is 0 Å². The maximum Gasteiger partial charge on any atom is 0.325 e. The number of carbonyl (C=O) groups is 1. The maximum atomic E-state index is 12.0. The first-order chi connectivity index (χ1) is 11.2. The van der Waals surface area contributed by atoms with Gasteiger partial charge in [-0.15, -0.1) is 11.3 Å². The van der Waals surface area contributed by atoms with Crippen molar-refractivity contribution in [1.82, 2.24) is 4.98 Å². The number of anilines is 2. The molecule has 0 spiro atoms. The number of nitrogens with zero attached hydrogens (tertiary/aromatic N) is 1. The highest BCUT2D eigenvalue weighted by Gasteiger charge is 2.08. The van der Waals surface area contributed by atoms with Crippen LogP contribution < -0.4 is 10.6 Å². The van der Waals surface area contributed by atoms with Crippen LogP contribution in [0.1, 0.15) is 12.5 Å². The lowest BCUT2D eigenvalue weighted by Gasteiger charge is -2.06. The van der Waals surface area contributed by atoms with Gasteiger partial charge >= 0.3 is 6.03 Å². The highest BCUT2D eigenvalue weighted by atomic mass is 32.1. The number of carbonyl (C=O) groups excluding carboxylic acids is 1. The Hall–Kier alpha value is -2.66. The molecule has 0 aliphatic heterocycles. The van der Waals surface area contributed by atoms with Gasteiger partial charge in [0.15, 0.2) is 5.13 Å². The lowest BCUT2D eigenvalue weighted by molar-refractivity contribution is 0.262. The van der Waals surface area contributed by atoms with Crippen molar-refractivity contribution < 1.29 is 4.79 Å². The predicted octanol–water partition coefficient (Wildman–Crippen LogP) is 5.02. The van der Waals surface area contributed by atoms with Gasteiger partial charge in [-0.1, -0.05) is 49.4 Å². The molecule has 0 saturated carbocycles. The third kappa shape index (κ3) is 3.96. The van der Waals surface area contributed by atoms with Gasteiger partial charge < -0.3 is 5.32 Å². The summed E-state index contributed by atoms with van der Waals surface area (Å²) in [6.45, 7) is 2.10. The number of amides is 2. The average molecular weight is 323 g/mol. The number of aromatic nitrogens is 1. The smallest absolute Gasteiger partial charge is 0.308 e. The van der Waals surface area contributed by atoms with Crippen molar-refractivity contribution in [2.45, 2.75) is 13.3 Å². The summed E-state index contributed by atoms with van der Waals surface area (Å²) in [6.07, 6.45) is 0.980. The lowest BCUT2D eigenvalue weighted by Crippen LogP contribution is -2.19. The Morgan fingerprint density at radius 3 is 2.48 bits per heavy atom. The molecule has 2 amide bonds. The van der Waals surface area contributed by atoms with E-state index in [1.165, 1.54) is 16.9 Å². The quantitative estimate of drug-likeness (QED) is 0.708. The molecule has 4 nitrogen and oxygen atoms in total. The van der Waals surface area contributed by atoms with Crippen molar-refractivity contribution in [1.29, 1.82) is 0 Å². The third-order valence-corrected chi connectivity index (χ3v) is 4.17. The van der Waals surface area contributed by atoms with Crippen LogP contribution in [0.3, 0.4) is 0 Å². The fraction of sp³-hybridized carbons (Fsp3) is 0.111. The van der Waals surface area contributed by atoms with Crippen LogP contribution in [0.4, 0.5) is 15.6 Å². The molecule has 0 bridgehead atoms. The first-order valence-corrected chi connectivity index (χ1v) is 8.30. The molecule has 0 saturated heterocycles. The summed E-state index contributed by atoms with van der Waals surface area (Å²) >= 11 is 1.41. The van der Waals surface area contributed by atoms with Gasteiger partial charge in [0.25, 0.3) is 0 Å². The second kappa shape index (κ2) is 7.07. The lowest BCUT2D eigenvalue weighted by atomic mass is 10.1. The molecule has 5 heteroatoms. The second-order valence-electron chi connectivity index (χ2n) is 5.03. The molecule has 0 aliphatic carbocycles. The van der Waals surface area contributed by atoms with E-state index in [-0.39, 0.29) is 6.03 Å². The molecule has 1 heterocycles. The molecule has 2 aromatic carbocycles. The number of aryl methyl sites for hydroxylation is 1. The van der Waals surface area contributed by atoms with E-state index >= 15 is 0 Å². The zero-order valence-electron chi connectivity index (χ0n) is 12.7. The van der Waals surface area contributed by atoms with Crippen molar-refractivity contribution in [2.24, 2.45) is 0 Å². The molecule has 0 atom stereocenters. The molecule has 2 N–H and O–H groups in total. The molecule has 0 radical (unpaired) electrons. The molecule has 1 aromatic heterocycles. The molecule has 23 heavy (non-hydrogen) atoms. The van der Waals surface area contributed by atoms with Gasteiger partial charge in [0.1, 0.15) is 0 Å². The van der Waals surface area contributed by atoms with Crippen molar-refractivity contribution >= 4 is 28.2 Å². The van der Waals surface area contributed by atoms with E-state index in [1.54, 1.807) is 0 Å². The molecule has 0 fully saturated rings. The molecule has 0 unspecified atom stereocenters. The SMILES string of the molecule is CCc1ccc(NC(=O)Nc2nc(-c3ccccc3)cs2)cc1. The summed E-state index contributed by atoms with van der Waals surface area (Å²) in [4.78, 5) is 16.5. The Bertz CT molecular complexity index is 782. The van der Waals surface area contributed by atoms with Crippen LogP contribution >= 0.6 is 11.3 Å². The van der Waals surface area contributed by atoms with E-state index in [1.807, 2.05) is 60.0 Å². The highest BCUT2D eigenvalue weighted by molar-refractivity contribution is 7.14. The third-order valence-electron chi connectivity index (χ3n) is 3.41. The van der Waals surface area contributed by atoms with E-state index in [4.69, 9.17) is 0 Å². The summed E-state index contributed by atoms with van der Waals surface area (Å²) in [5.41, 5.74) is 3.90. The molecule has 0 aliphatic rings. The number of hydrogen-bond acceptors (Lipinski definition) is 3. The zero-order valence-corrected chi connectivity index (χ0v) is 13.6. The number of thiazole rings is 1. The van der Waals surface area contributed by atoms with Gasteiger partial charge in [-0.2, -0.15) is 0 Å². The minimum absolute atomic E-state index is 0.289. The first kappa shape index (κ1) is 15.2. The van der Waals surface area contributed by atoms with Crippen LogP contribution in [0, 0.1) is 0 Å². The van der Waals surface area contributed by atoms with Crippen molar-refractivity contribution in [3.05, 3.63) is 65.5 Å². The monoisotopic (exact) mass is 323 g/mol. The number of hydrogen-bond donors (Lipinski definition) is 2. The minimum Gasteiger partial charge on any atom is -0.308 e. The summed E-state index contributed by atoms with van der Waals surface area (Å²) in [6, 6.07) is 17.4. The second-order valence-corrected chi connectivity index (χ2v) is 5.89. The van der Waals surface area contributed by atoms with Crippen molar-refractivity contribution in [3.8, 4) is 11.3 Å². The zero-order chi connectivity index (χ0) is 16.1. The largest absolute Gasteiger partial charge is 0.325 e. The molecule has 116 valence electrons. The van der Waals surface area contributed by atoms with Gasteiger partial charge in [-0.05, 0) is 24.1 Å². The van der Waals surface area contributed by atoms with E-state index in [0.29, 0.717) is 5.13 Å². The van der Waals surface area contributed by atoms with Gasteiger partial charge in [0.05, 0.1) is 5.69 Å². The fourth-order valence-corrected chi connectivity index (χ4v) is 2.87. The van der Waals surface area contributed by atoms with Gasteiger partial charge in [-0.3, -0.25) is 5.32 Å². The van der Waals surface area contributed by atoms with Crippen LogP contribution in [0.25, 0.3) is 11.3 Å². The highest BCUT2D eigenvalue weighted by Crippen LogP contribution is 2.24. The van der Waals surface area contributed by atoms with Crippen molar-refractivity contribution in [2.75, 3.05) is 10.6 Å². The molecular formula is C18H17N3OS. The van der Waals surface area contributed by atoms with Gasteiger partial charge in [-0.25, -0.2) is 9.78 Å². The Balaban J connectivity index is 1.63. The minimum atomic E-state index is -0.289. The van der Waals surface area contributed by atoms with Crippen LogP contribution in [0.15, 0.2) is 60.0 Å². The van der Waals surface area contributed by atoms with E-state index < -0.39 is 0 Å². The summed E-state index contributed by atoms with van der Waals surface area (Å²) in [7, 11) is 0. The van der Waals surface area contributed by atoms with Crippen LogP contribution in [-0.4, -0.2) is 11.0 Å². The van der Waals surface area contributed by atoms with E-state index in [9.17, 15) is 4.79 Å². The number of urea groups is 1. The Morgan fingerprint density at radius 2 is 1.78 bits per heavy atom. The predicted molar refractivity (Wildman–Crippen MR) is 96.0 cm³/mol. The summed E-state index contributed by atoms with van der Waals surface area (Å²) < 4.78 is 0. The summed E-state index contributed by atoms with van der Waals surface area (Å²) in [5, 5.41) is 8.08. The normalized spacial score (nSPS) is 10.3. The van der Waals surface area contributed by atoms with E-state index in [2.05, 4.69) is 22.5 Å². The molecular weight excluding hydrogens is 306 g/mol. The Kier molecular flexibility index (Phi) is 4.68. The van der Waals surface area contributed by atoms with E-state index in [0.717, 1.165) is 23.4 Å². The van der Waals surface area contributed by atoms with Crippen LogP contribution in [0.2, 0.25) is 0 Å². The fourth-order valence-electron chi connectivity index (χ4n) is 2.16. The number of rotatable bonds is 4. The molecule has 3 rings (SSSR count). The number of nitrogens with one attached hydrogen (secondary N) is 2. The van der Waals surface area contributed by atoms with Crippen LogP contribution in [0.5, 0.6) is 0 Å². The topological polar surface area (TPSA) is 54.0 Å². The first-order valence-electron chi connectivity index (χ1n) is 7.42. The number of benzene rings is 2. The average Bonchev–Trinajstić information content (AvgIpc) is 3.04. The standard InChI is InChI=1S/C18H17N3OS/c1-2-13-8-10-15(11-9-13)19-17(22)21-18-20-16(12-23-18)14-6-4-3-5-7-14/h3-12H,2H2,1H3,(H2,19,20,21,22). The van der Waals surface area contributed by atoms with Crippen LogP contribution in [-0.2, 0) is 6.42 Å².